The van der Waals surface area contributed by atoms with E-state index in [0.29, 0.717) is 12.3 Å². The minimum Gasteiger partial charge on any atom is -0.330 e. The normalized spacial score (nSPS) is 32.8. The van der Waals surface area contributed by atoms with Crippen LogP contribution in [0.25, 0.3) is 0 Å². The summed E-state index contributed by atoms with van der Waals surface area (Å²) in [5.74, 6) is -1.64. The van der Waals surface area contributed by atoms with Crippen molar-refractivity contribution in [3.63, 3.8) is 0 Å². The zero-order chi connectivity index (χ0) is 12.3. The van der Waals surface area contributed by atoms with Crippen LogP contribution in [-0.2, 0) is 0 Å². The number of hydrogen-bond donors (Lipinski definition) is 1. The molecule has 0 aromatic rings. The van der Waals surface area contributed by atoms with Crippen LogP contribution in [0.3, 0.4) is 0 Å². The topological polar surface area (TPSA) is 29.3 Å². The Balaban J connectivity index is 0.00000162. The second kappa shape index (κ2) is 7.01. The smallest absolute Gasteiger partial charge is 0.248 e. The Bertz CT molecular complexity index is 251. The Morgan fingerprint density at radius 1 is 1.17 bits per heavy atom. The molecule has 2 fully saturated rings. The first-order valence-corrected chi connectivity index (χ1v) is 6.89. The van der Waals surface area contributed by atoms with Gasteiger partial charge in [0.1, 0.15) is 0 Å². The summed E-state index contributed by atoms with van der Waals surface area (Å²) in [4.78, 5) is 2.35. The number of alkyl halides is 2. The SMILES string of the molecule is Cl.NCC1CCCN(CC2CCCC(F)(F)C2)C1. The van der Waals surface area contributed by atoms with Crippen LogP contribution in [0.15, 0.2) is 0 Å². The van der Waals surface area contributed by atoms with Gasteiger partial charge in [-0.2, -0.15) is 0 Å². The molecule has 1 aliphatic carbocycles. The summed E-state index contributed by atoms with van der Waals surface area (Å²) < 4.78 is 26.6. The van der Waals surface area contributed by atoms with E-state index in [1.165, 1.54) is 12.8 Å². The van der Waals surface area contributed by atoms with Crippen molar-refractivity contribution in [2.45, 2.75) is 44.4 Å². The summed E-state index contributed by atoms with van der Waals surface area (Å²) in [6, 6.07) is 0. The second-order valence-electron chi connectivity index (χ2n) is 5.82. The first kappa shape index (κ1) is 16.1. The van der Waals surface area contributed by atoms with Crippen LogP contribution in [0.1, 0.15) is 38.5 Å². The molecule has 0 amide bonds. The van der Waals surface area contributed by atoms with Crippen LogP contribution in [0.4, 0.5) is 8.78 Å². The number of piperidine rings is 1. The predicted molar refractivity (Wildman–Crippen MR) is 72.4 cm³/mol. The molecular weight excluding hydrogens is 258 g/mol. The van der Waals surface area contributed by atoms with Gasteiger partial charge in [0.2, 0.25) is 5.92 Å². The van der Waals surface area contributed by atoms with Crippen molar-refractivity contribution in [2.24, 2.45) is 17.6 Å². The van der Waals surface area contributed by atoms with Crippen molar-refractivity contribution in [1.29, 1.82) is 0 Å². The van der Waals surface area contributed by atoms with Gasteiger partial charge in [-0.25, -0.2) is 8.78 Å². The lowest BCUT2D eigenvalue weighted by atomic mass is 9.85. The number of halogens is 3. The summed E-state index contributed by atoms with van der Waals surface area (Å²) in [5, 5.41) is 0. The molecule has 2 rings (SSSR count). The van der Waals surface area contributed by atoms with Crippen molar-refractivity contribution in [3.8, 4) is 0 Å². The lowest BCUT2D eigenvalue weighted by Gasteiger charge is -2.37. The van der Waals surface area contributed by atoms with E-state index < -0.39 is 5.92 Å². The molecule has 108 valence electrons. The maximum Gasteiger partial charge on any atom is 0.248 e. The van der Waals surface area contributed by atoms with Gasteiger partial charge >= 0.3 is 0 Å². The monoisotopic (exact) mass is 282 g/mol. The fraction of sp³-hybridized carbons (Fsp3) is 1.00. The molecule has 1 heterocycles. The number of hydrogen-bond acceptors (Lipinski definition) is 2. The van der Waals surface area contributed by atoms with Gasteiger partial charge in [0.15, 0.2) is 0 Å². The third kappa shape index (κ3) is 4.63. The van der Waals surface area contributed by atoms with E-state index in [1.807, 2.05) is 0 Å². The Morgan fingerprint density at radius 2 is 1.89 bits per heavy atom. The fourth-order valence-electron chi connectivity index (χ4n) is 3.31. The summed E-state index contributed by atoms with van der Waals surface area (Å²) in [7, 11) is 0. The van der Waals surface area contributed by atoms with Crippen LogP contribution >= 0.6 is 12.4 Å². The quantitative estimate of drug-likeness (QED) is 0.862. The summed E-state index contributed by atoms with van der Waals surface area (Å²) in [6.45, 7) is 3.67. The van der Waals surface area contributed by atoms with Crippen molar-refractivity contribution < 1.29 is 8.78 Å². The molecule has 0 aromatic heterocycles. The van der Waals surface area contributed by atoms with Gasteiger partial charge in [-0.15, -0.1) is 12.4 Å². The molecule has 2 nitrogen and oxygen atoms in total. The van der Waals surface area contributed by atoms with Gasteiger partial charge in [0.05, 0.1) is 0 Å². The highest BCUT2D eigenvalue weighted by molar-refractivity contribution is 5.85. The van der Waals surface area contributed by atoms with Crippen molar-refractivity contribution in [1.82, 2.24) is 4.90 Å². The Hall–Kier alpha value is 0.0700. The van der Waals surface area contributed by atoms with Crippen molar-refractivity contribution >= 4 is 12.4 Å². The van der Waals surface area contributed by atoms with Gasteiger partial charge in [-0.3, -0.25) is 0 Å². The minimum atomic E-state index is -2.41. The number of nitrogens with zero attached hydrogens (tertiary/aromatic N) is 1. The van der Waals surface area contributed by atoms with Gasteiger partial charge in [0, 0.05) is 25.9 Å². The van der Waals surface area contributed by atoms with Gasteiger partial charge in [0.25, 0.3) is 0 Å². The van der Waals surface area contributed by atoms with E-state index in [0.717, 1.165) is 32.6 Å². The molecule has 0 aromatic carbocycles. The highest BCUT2D eigenvalue weighted by Crippen LogP contribution is 2.37. The molecule has 2 atom stereocenters. The van der Waals surface area contributed by atoms with Crippen LogP contribution in [-0.4, -0.2) is 37.0 Å². The Morgan fingerprint density at radius 3 is 2.56 bits per heavy atom. The molecule has 2 unspecified atom stereocenters. The maximum atomic E-state index is 13.3. The van der Waals surface area contributed by atoms with E-state index in [-0.39, 0.29) is 31.2 Å². The molecule has 0 radical (unpaired) electrons. The highest BCUT2D eigenvalue weighted by Gasteiger charge is 2.37. The molecule has 2 N–H and O–H groups in total. The van der Waals surface area contributed by atoms with E-state index >= 15 is 0 Å². The molecule has 2 aliphatic rings. The van der Waals surface area contributed by atoms with Crippen LogP contribution < -0.4 is 5.73 Å². The maximum absolute atomic E-state index is 13.3. The van der Waals surface area contributed by atoms with Crippen LogP contribution in [0, 0.1) is 11.8 Å². The largest absolute Gasteiger partial charge is 0.330 e. The fourth-order valence-corrected chi connectivity index (χ4v) is 3.31. The average Bonchev–Trinajstić information content (AvgIpc) is 2.28. The van der Waals surface area contributed by atoms with Crippen molar-refractivity contribution in [3.05, 3.63) is 0 Å². The number of rotatable bonds is 3. The number of nitrogens with two attached hydrogens (primary N) is 1. The van der Waals surface area contributed by atoms with Gasteiger partial charge in [-0.1, -0.05) is 0 Å². The standard InChI is InChI=1S/C13H24F2N2.ClH/c14-13(15)5-1-3-11(7-13)9-17-6-2-4-12(8-16)10-17;/h11-12H,1-10,16H2;1H. The lowest BCUT2D eigenvalue weighted by Crippen LogP contribution is -2.42. The summed E-state index contributed by atoms with van der Waals surface area (Å²) in [6.07, 6.45) is 4.22. The summed E-state index contributed by atoms with van der Waals surface area (Å²) in [5.41, 5.74) is 5.70. The molecule has 18 heavy (non-hydrogen) atoms. The highest BCUT2D eigenvalue weighted by atomic mass is 35.5. The molecule has 1 saturated heterocycles. The molecule has 5 heteroatoms. The number of likely N-dealkylation sites (tertiary alicyclic amines) is 1. The first-order valence-electron chi connectivity index (χ1n) is 6.89. The Labute approximate surface area is 115 Å². The molecule has 1 saturated carbocycles. The van der Waals surface area contributed by atoms with E-state index in [1.54, 1.807) is 0 Å². The molecule has 0 spiro atoms. The van der Waals surface area contributed by atoms with E-state index in [9.17, 15) is 8.78 Å². The lowest BCUT2D eigenvalue weighted by molar-refractivity contribution is -0.0581. The van der Waals surface area contributed by atoms with Crippen LogP contribution in [0.5, 0.6) is 0 Å². The predicted octanol–water partition coefficient (Wildman–Crippen LogP) is 2.90. The average molecular weight is 283 g/mol. The minimum absolute atomic E-state index is 0. The molecule has 0 bridgehead atoms. The Kier molecular flexibility index (Phi) is 6.28. The van der Waals surface area contributed by atoms with E-state index in [2.05, 4.69) is 4.90 Å². The molecular formula is C13H25ClF2N2. The third-order valence-electron chi connectivity index (χ3n) is 4.20. The van der Waals surface area contributed by atoms with E-state index in [4.69, 9.17) is 5.73 Å². The van der Waals surface area contributed by atoms with Crippen molar-refractivity contribution in [2.75, 3.05) is 26.2 Å². The summed E-state index contributed by atoms with van der Waals surface area (Å²) >= 11 is 0. The van der Waals surface area contributed by atoms with Gasteiger partial charge < -0.3 is 10.6 Å². The van der Waals surface area contributed by atoms with Crippen LogP contribution in [0.2, 0.25) is 0 Å². The third-order valence-corrected chi connectivity index (χ3v) is 4.20. The molecule has 1 aliphatic heterocycles. The first-order chi connectivity index (χ1) is 8.09. The zero-order valence-corrected chi connectivity index (χ0v) is 11.7. The zero-order valence-electron chi connectivity index (χ0n) is 10.9. The van der Waals surface area contributed by atoms with Gasteiger partial charge in [-0.05, 0) is 50.6 Å². The second-order valence-corrected chi connectivity index (χ2v) is 5.82.